The van der Waals surface area contributed by atoms with E-state index < -0.39 is 0 Å². The van der Waals surface area contributed by atoms with Crippen LogP contribution in [0.1, 0.15) is 43.7 Å². The molecule has 0 radical (unpaired) electrons. The molecule has 1 saturated carbocycles. The molecule has 2 nitrogen and oxygen atoms in total. The van der Waals surface area contributed by atoms with Gasteiger partial charge in [-0.15, -0.1) is 12.4 Å². The average Bonchev–Trinajstić information content (AvgIpc) is 2.39. The summed E-state index contributed by atoms with van der Waals surface area (Å²) in [5.41, 5.74) is 7.11. The third-order valence-electron chi connectivity index (χ3n) is 3.72. The summed E-state index contributed by atoms with van der Waals surface area (Å²) in [5.74, 6) is 0.456. The molecule has 0 amide bonds. The SMILES string of the molecule is COc1ccc([C@H](N)C2CCCCC2)cc1F.Cl. The molecule has 1 aromatic rings. The van der Waals surface area contributed by atoms with Crippen molar-refractivity contribution in [3.63, 3.8) is 0 Å². The summed E-state index contributed by atoms with van der Waals surface area (Å²) in [6, 6.07) is 5.00. The Balaban J connectivity index is 0.00000162. The minimum atomic E-state index is -0.323. The van der Waals surface area contributed by atoms with Crippen molar-refractivity contribution in [1.82, 2.24) is 0 Å². The van der Waals surface area contributed by atoms with Crippen LogP contribution in [0.3, 0.4) is 0 Å². The zero-order chi connectivity index (χ0) is 12.3. The fourth-order valence-electron chi connectivity index (χ4n) is 2.66. The van der Waals surface area contributed by atoms with Crippen LogP contribution >= 0.6 is 12.4 Å². The van der Waals surface area contributed by atoms with Gasteiger partial charge in [0, 0.05) is 6.04 Å². The smallest absolute Gasteiger partial charge is 0.165 e. The second-order valence-electron chi connectivity index (χ2n) is 4.82. The van der Waals surface area contributed by atoms with Gasteiger partial charge in [-0.05, 0) is 36.5 Å². The highest BCUT2D eigenvalue weighted by atomic mass is 35.5. The molecule has 0 aliphatic heterocycles. The van der Waals surface area contributed by atoms with Crippen LogP contribution in [-0.4, -0.2) is 7.11 Å². The Kier molecular flexibility index (Phi) is 5.89. The van der Waals surface area contributed by atoms with Crippen molar-refractivity contribution in [3.8, 4) is 5.75 Å². The molecule has 0 bridgehead atoms. The van der Waals surface area contributed by atoms with Crippen LogP contribution in [0.15, 0.2) is 18.2 Å². The van der Waals surface area contributed by atoms with Crippen LogP contribution in [0.25, 0.3) is 0 Å². The molecule has 1 atom stereocenters. The topological polar surface area (TPSA) is 35.2 Å². The van der Waals surface area contributed by atoms with E-state index in [1.807, 2.05) is 6.07 Å². The first-order chi connectivity index (χ1) is 8.22. The van der Waals surface area contributed by atoms with Gasteiger partial charge < -0.3 is 10.5 Å². The van der Waals surface area contributed by atoms with Gasteiger partial charge in [-0.1, -0.05) is 25.3 Å². The fraction of sp³-hybridized carbons (Fsp3) is 0.571. The first kappa shape index (κ1) is 15.3. The number of hydrogen-bond acceptors (Lipinski definition) is 2. The van der Waals surface area contributed by atoms with Crippen LogP contribution < -0.4 is 10.5 Å². The van der Waals surface area contributed by atoms with Gasteiger partial charge in [0.2, 0.25) is 0 Å². The molecule has 2 N–H and O–H groups in total. The van der Waals surface area contributed by atoms with Crippen LogP contribution in [0.4, 0.5) is 4.39 Å². The molecular formula is C14H21ClFNO. The van der Waals surface area contributed by atoms with Crippen LogP contribution in [0.5, 0.6) is 5.75 Å². The Morgan fingerprint density at radius 3 is 2.50 bits per heavy atom. The predicted molar refractivity (Wildman–Crippen MR) is 73.7 cm³/mol. The summed E-state index contributed by atoms with van der Waals surface area (Å²) in [6.07, 6.45) is 6.12. The van der Waals surface area contributed by atoms with Crippen LogP contribution in [-0.2, 0) is 0 Å². The Morgan fingerprint density at radius 1 is 1.28 bits per heavy atom. The summed E-state index contributed by atoms with van der Waals surface area (Å²) in [7, 11) is 1.47. The predicted octanol–water partition coefficient (Wildman–Crippen LogP) is 3.84. The number of rotatable bonds is 3. The van der Waals surface area contributed by atoms with Crippen molar-refractivity contribution < 1.29 is 9.13 Å². The molecule has 102 valence electrons. The number of nitrogens with two attached hydrogens (primary N) is 1. The molecule has 0 spiro atoms. The van der Waals surface area contributed by atoms with E-state index in [-0.39, 0.29) is 30.0 Å². The fourth-order valence-corrected chi connectivity index (χ4v) is 2.66. The van der Waals surface area contributed by atoms with Crippen molar-refractivity contribution in [1.29, 1.82) is 0 Å². The van der Waals surface area contributed by atoms with E-state index in [9.17, 15) is 4.39 Å². The summed E-state index contributed by atoms with van der Waals surface area (Å²) >= 11 is 0. The first-order valence-electron chi connectivity index (χ1n) is 6.31. The van der Waals surface area contributed by atoms with Crippen molar-refractivity contribution in [2.45, 2.75) is 38.1 Å². The molecule has 0 saturated heterocycles. The normalized spacial score (nSPS) is 17.9. The van der Waals surface area contributed by atoms with E-state index in [1.54, 1.807) is 6.07 Å². The lowest BCUT2D eigenvalue weighted by Crippen LogP contribution is -2.23. The van der Waals surface area contributed by atoms with Crippen molar-refractivity contribution >= 4 is 12.4 Å². The lowest BCUT2D eigenvalue weighted by Gasteiger charge is -2.27. The Hall–Kier alpha value is -0.800. The van der Waals surface area contributed by atoms with Gasteiger partial charge in [0.05, 0.1) is 7.11 Å². The molecule has 0 unspecified atom stereocenters. The van der Waals surface area contributed by atoms with Crippen LogP contribution in [0, 0.1) is 11.7 Å². The average molecular weight is 274 g/mol. The van der Waals surface area contributed by atoms with Crippen molar-refractivity contribution in [2.75, 3.05) is 7.11 Å². The molecule has 1 aromatic carbocycles. The summed E-state index contributed by atoms with van der Waals surface area (Å²) in [6.45, 7) is 0. The Bertz CT molecular complexity index is 380. The minimum absolute atomic E-state index is 0. The molecule has 1 aliphatic carbocycles. The molecule has 0 heterocycles. The van der Waals surface area contributed by atoms with E-state index in [0.717, 1.165) is 18.4 Å². The lowest BCUT2D eigenvalue weighted by atomic mass is 9.81. The van der Waals surface area contributed by atoms with Gasteiger partial charge >= 0.3 is 0 Å². The molecular weight excluding hydrogens is 253 g/mol. The zero-order valence-electron chi connectivity index (χ0n) is 10.7. The van der Waals surface area contributed by atoms with Gasteiger partial charge in [0.1, 0.15) is 0 Å². The standard InChI is InChI=1S/C14H20FNO.ClH/c1-17-13-8-7-11(9-12(13)15)14(16)10-5-3-2-4-6-10;/h7-10,14H,2-6,16H2,1H3;1H/t14-;/m1./s1. The number of ether oxygens (including phenoxy) is 1. The van der Waals surface area contributed by atoms with E-state index in [4.69, 9.17) is 10.5 Å². The largest absolute Gasteiger partial charge is 0.494 e. The molecule has 1 aliphatic rings. The molecule has 2 rings (SSSR count). The zero-order valence-corrected chi connectivity index (χ0v) is 11.5. The number of methoxy groups -OCH3 is 1. The highest BCUT2D eigenvalue weighted by Gasteiger charge is 2.22. The highest BCUT2D eigenvalue weighted by molar-refractivity contribution is 5.85. The number of benzene rings is 1. The highest BCUT2D eigenvalue weighted by Crippen LogP contribution is 2.33. The third kappa shape index (κ3) is 3.36. The molecule has 1 fully saturated rings. The maximum Gasteiger partial charge on any atom is 0.165 e. The van der Waals surface area contributed by atoms with Crippen molar-refractivity contribution in [2.24, 2.45) is 11.7 Å². The van der Waals surface area contributed by atoms with Gasteiger partial charge in [0.15, 0.2) is 11.6 Å². The van der Waals surface area contributed by atoms with Crippen molar-refractivity contribution in [3.05, 3.63) is 29.6 Å². The number of hydrogen-bond donors (Lipinski definition) is 1. The monoisotopic (exact) mass is 273 g/mol. The van der Waals surface area contributed by atoms with E-state index >= 15 is 0 Å². The first-order valence-corrected chi connectivity index (χ1v) is 6.31. The van der Waals surface area contributed by atoms with Gasteiger partial charge in [-0.2, -0.15) is 0 Å². The maximum atomic E-state index is 13.6. The second kappa shape index (κ2) is 6.95. The molecule has 18 heavy (non-hydrogen) atoms. The van der Waals surface area contributed by atoms with Gasteiger partial charge in [-0.3, -0.25) is 0 Å². The lowest BCUT2D eigenvalue weighted by molar-refractivity contribution is 0.307. The summed E-state index contributed by atoms with van der Waals surface area (Å²) in [4.78, 5) is 0. The quantitative estimate of drug-likeness (QED) is 0.908. The van der Waals surface area contributed by atoms with Crippen LogP contribution in [0.2, 0.25) is 0 Å². The minimum Gasteiger partial charge on any atom is -0.494 e. The van der Waals surface area contributed by atoms with E-state index in [2.05, 4.69) is 0 Å². The molecule has 0 aromatic heterocycles. The van der Waals surface area contributed by atoms with E-state index in [1.165, 1.54) is 32.4 Å². The van der Waals surface area contributed by atoms with E-state index in [0.29, 0.717) is 5.92 Å². The number of halogens is 2. The third-order valence-corrected chi connectivity index (χ3v) is 3.72. The van der Waals surface area contributed by atoms with Gasteiger partial charge in [-0.25, -0.2) is 4.39 Å². The summed E-state index contributed by atoms with van der Waals surface area (Å²) < 4.78 is 18.5. The molecule has 4 heteroatoms. The summed E-state index contributed by atoms with van der Waals surface area (Å²) in [5, 5.41) is 0. The second-order valence-corrected chi connectivity index (χ2v) is 4.82. The Morgan fingerprint density at radius 2 is 1.94 bits per heavy atom. The Labute approximate surface area is 114 Å². The maximum absolute atomic E-state index is 13.6. The van der Waals surface area contributed by atoms with Gasteiger partial charge in [0.25, 0.3) is 0 Å².